The fourth-order valence-electron chi connectivity index (χ4n) is 3.40. The molecule has 0 aliphatic rings. The molecule has 0 unspecified atom stereocenters. The summed E-state index contributed by atoms with van der Waals surface area (Å²) in [5.41, 5.74) is 1.71. The number of aromatic amines is 1. The summed E-state index contributed by atoms with van der Waals surface area (Å²) >= 11 is 5.47. The van der Waals surface area contributed by atoms with Gasteiger partial charge in [-0.15, -0.1) is 0 Å². The average Bonchev–Trinajstić information content (AvgIpc) is 3.13. The number of rotatable bonds is 10. The quantitative estimate of drug-likeness (QED) is 0.392. The zero-order valence-electron chi connectivity index (χ0n) is 19.4. The van der Waals surface area contributed by atoms with E-state index in [0.717, 1.165) is 18.4 Å². The Morgan fingerprint density at radius 2 is 1.73 bits per heavy atom. The van der Waals surface area contributed by atoms with E-state index in [2.05, 4.69) is 27.6 Å². The van der Waals surface area contributed by atoms with Gasteiger partial charge in [-0.3, -0.25) is 5.10 Å². The Morgan fingerprint density at radius 3 is 2.36 bits per heavy atom. The summed E-state index contributed by atoms with van der Waals surface area (Å²) in [6, 6.07) is 19.7. The first-order valence-electron chi connectivity index (χ1n) is 11.1. The summed E-state index contributed by atoms with van der Waals surface area (Å²) in [6.07, 6.45) is 1.28. The molecule has 0 saturated carbocycles. The standard InChI is InChI=1S/C25H32N4O3S/c1-25(2,3)32-24(30)26-21(18-31-17-20-13-8-5-9-14-20)22-27-28-23(33)29(22)16-10-15-19-11-6-4-7-12-19/h4-9,11-14,21H,10,15-18H2,1-3H3,(H,26,30)(H,28,33)/t21-/m1/s1. The maximum atomic E-state index is 12.5. The van der Waals surface area contributed by atoms with Crippen LogP contribution < -0.4 is 5.32 Å². The summed E-state index contributed by atoms with van der Waals surface area (Å²) in [4.78, 5) is 12.5. The smallest absolute Gasteiger partial charge is 0.408 e. The second-order valence-electron chi connectivity index (χ2n) is 8.83. The summed E-state index contributed by atoms with van der Waals surface area (Å²) < 4.78 is 13.8. The first-order chi connectivity index (χ1) is 15.8. The monoisotopic (exact) mass is 468 g/mol. The van der Waals surface area contributed by atoms with Crippen LogP contribution in [0.3, 0.4) is 0 Å². The molecule has 1 aromatic heterocycles. The van der Waals surface area contributed by atoms with Gasteiger partial charge in [0.2, 0.25) is 0 Å². The van der Waals surface area contributed by atoms with E-state index in [1.165, 1.54) is 5.56 Å². The molecule has 1 heterocycles. The SMILES string of the molecule is CC(C)(C)OC(=O)N[C@H](COCc1ccccc1)c1n[nH]c(=S)n1CCCc1ccccc1. The molecule has 0 fully saturated rings. The lowest BCUT2D eigenvalue weighted by Gasteiger charge is -2.23. The molecule has 0 bridgehead atoms. The van der Waals surface area contributed by atoms with Crippen LogP contribution in [0.4, 0.5) is 4.79 Å². The molecule has 0 radical (unpaired) electrons. The number of hydrogen-bond donors (Lipinski definition) is 2. The van der Waals surface area contributed by atoms with Crippen molar-refractivity contribution >= 4 is 18.3 Å². The number of alkyl carbamates (subject to hydrolysis) is 1. The predicted molar refractivity (Wildman–Crippen MR) is 130 cm³/mol. The number of hydrogen-bond acceptors (Lipinski definition) is 5. The topological polar surface area (TPSA) is 81.2 Å². The molecular formula is C25H32N4O3S. The summed E-state index contributed by atoms with van der Waals surface area (Å²) in [5, 5.41) is 10.2. The number of aryl methyl sites for hydroxylation is 1. The van der Waals surface area contributed by atoms with Crippen LogP contribution in [0.5, 0.6) is 0 Å². The molecule has 7 nitrogen and oxygen atoms in total. The number of carbonyl (C=O) groups is 1. The third-order valence-electron chi connectivity index (χ3n) is 4.88. The van der Waals surface area contributed by atoms with Crippen LogP contribution in [-0.4, -0.2) is 33.1 Å². The number of ether oxygens (including phenoxy) is 2. The van der Waals surface area contributed by atoms with Crippen LogP contribution >= 0.6 is 12.2 Å². The molecule has 33 heavy (non-hydrogen) atoms. The molecule has 0 saturated heterocycles. The minimum absolute atomic E-state index is 0.229. The van der Waals surface area contributed by atoms with Gasteiger partial charge in [-0.25, -0.2) is 4.79 Å². The highest BCUT2D eigenvalue weighted by Crippen LogP contribution is 2.16. The van der Waals surface area contributed by atoms with Crippen molar-refractivity contribution in [2.24, 2.45) is 0 Å². The number of carbonyl (C=O) groups excluding carboxylic acids is 1. The molecule has 3 aromatic rings. The minimum Gasteiger partial charge on any atom is -0.444 e. The van der Waals surface area contributed by atoms with E-state index in [1.807, 2.05) is 73.9 Å². The molecule has 0 aliphatic carbocycles. The van der Waals surface area contributed by atoms with Gasteiger partial charge >= 0.3 is 6.09 Å². The number of nitrogens with zero attached hydrogens (tertiary/aromatic N) is 2. The number of amides is 1. The predicted octanol–water partition coefficient (Wildman–Crippen LogP) is 5.36. The number of aromatic nitrogens is 3. The molecule has 2 N–H and O–H groups in total. The van der Waals surface area contributed by atoms with Gasteiger partial charge < -0.3 is 19.4 Å². The molecule has 0 spiro atoms. The van der Waals surface area contributed by atoms with Gasteiger partial charge in [-0.05, 0) is 57.0 Å². The molecule has 0 aliphatic heterocycles. The normalized spacial score (nSPS) is 12.3. The summed E-state index contributed by atoms with van der Waals surface area (Å²) in [7, 11) is 0. The van der Waals surface area contributed by atoms with Crippen molar-refractivity contribution in [2.45, 2.75) is 58.4 Å². The van der Waals surface area contributed by atoms with Crippen LogP contribution in [0, 0.1) is 4.77 Å². The molecule has 8 heteroatoms. The Morgan fingerprint density at radius 1 is 1.09 bits per heavy atom. The van der Waals surface area contributed by atoms with E-state index < -0.39 is 17.7 Å². The van der Waals surface area contributed by atoms with Gasteiger partial charge in [-0.2, -0.15) is 5.10 Å². The number of H-pyrrole nitrogens is 1. The number of benzene rings is 2. The highest BCUT2D eigenvalue weighted by atomic mass is 32.1. The Bertz CT molecular complexity index is 1060. The molecule has 2 aromatic carbocycles. The van der Waals surface area contributed by atoms with E-state index in [9.17, 15) is 4.79 Å². The first kappa shape index (κ1) is 24.7. The van der Waals surface area contributed by atoms with E-state index in [4.69, 9.17) is 21.7 Å². The van der Waals surface area contributed by atoms with E-state index in [0.29, 0.717) is 23.7 Å². The average molecular weight is 469 g/mol. The lowest BCUT2D eigenvalue weighted by molar-refractivity contribution is 0.0417. The lowest BCUT2D eigenvalue weighted by atomic mass is 10.1. The van der Waals surface area contributed by atoms with Crippen LogP contribution in [0.1, 0.15) is 50.2 Å². The largest absolute Gasteiger partial charge is 0.444 e. The zero-order valence-corrected chi connectivity index (χ0v) is 20.2. The van der Waals surface area contributed by atoms with Gasteiger partial charge in [0.25, 0.3) is 0 Å². The highest BCUT2D eigenvalue weighted by Gasteiger charge is 2.24. The summed E-state index contributed by atoms with van der Waals surface area (Å²) in [5.74, 6) is 0.618. The van der Waals surface area contributed by atoms with Gasteiger partial charge in [0, 0.05) is 6.54 Å². The third-order valence-corrected chi connectivity index (χ3v) is 5.19. The Kier molecular flexibility index (Phi) is 8.79. The first-order valence-corrected chi connectivity index (χ1v) is 11.5. The van der Waals surface area contributed by atoms with Crippen molar-refractivity contribution in [2.75, 3.05) is 6.61 Å². The Hall–Kier alpha value is -2.97. The Labute approximate surface area is 200 Å². The van der Waals surface area contributed by atoms with Gasteiger partial charge in [0.15, 0.2) is 10.6 Å². The van der Waals surface area contributed by atoms with Crippen molar-refractivity contribution in [3.8, 4) is 0 Å². The van der Waals surface area contributed by atoms with Crippen molar-refractivity contribution < 1.29 is 14.3 Å². The van der Waals surface area contributed by atoms with Gasteiger partial charge in [0.1, 0.15) is 11.6 Å². The molecule has 176 valence electrons. The van der Waals surface area contributed by atoms with E-state index in [1.54, 1.807) is 0 Å². The second kappa shape index (κ2) is 11.8. The van der Waals surface area contributed by atoms with Crippen LogP contribution in [-0.2, 0) is 29.0 Å². The fourth-order valence-corrected chi connectivity index (χ4v) is 3.63. The fraction of sp³-hybridized carbons (Fsp3) is 0.400. The van der Waals surface area contributed by atoms with Crippen molar-refractivity contribution in [3.63, 3.8) is 0 Å². The number of nitrogens with one attached hydrogen (secondary N) is 2. The van der Waals surface area contributed by atoms with Crippen LogP contribution in [0.25, 0.3) is 0 Å². The van der Waals surface area contributed by atoms with Crippen molar-refractivity contribution in [1.29, 1.82) is 0 Å². The summed E-state index contributed by atoms with van der Waals surface area (Å²) in [6.45, 7) is 6.80. The van der Waals surface area contributed by atoms with Crippen LogP contribution in [0.15, 0.2) is 60.7 Å². The maximum Gasteiger partial charge on any atom is 0.408 e. The maximum absolute atomic E-state index is 12.5. The molecular weight excluding hydrogens is 436 g/mol. The van der Waals surface area contributed by atoms with Gasteiger partial charge in [0.05, 0.1) is 13.2 Å². The highest BCUT2D eigenvalue weighted by molar-refractivity contribution is 7.71. The zero-order chi connectivity index (χ0) is 23.7. The van der Waals surface area contributed by atoms with Crippen LogP contribution in [0.2, 0.25) is 0 Å². The van der Waals surface area contributed by atoms with Crippen molar-refractivity contribution in [3.05, 3.63) is 82.4 Å². The Balaban J connectivity index is 1.71. The minimum atomic E-state index is -0.611. The lowest BCUT2D eigenvalue weighted by Crippen LogP contribution is -2.38. The molecule has 3 rings (SSSR count). The van der Waals surface area contributed by atoms with Crippen molar-refractivity contribution in [1.82, 2.24) is 20.1 Å². The van der Waals surface area contributed by atoms with E-state index in [-0.39, 0.29) is 6.61 Å². The molecule has 1 atom stereocenters. The second-order valence-corrected chi connectivity index (χ2v) is 9.21. The third kappa shape index (κ3) is 8.14. The molecule has 1 amide bonds. The van der Waals surface area contributed by atoms with E-state index >= 15 is 0 Å². The van der Waals surface area contributed by atoms with Gasteiger partial charge in [-0.1, -0.05) is 60.7 Å².